The standard InChI is InChI=1S/C19H19ClFN5/c1-26-9-6-13(18(26)12-2-3-14(20)15(21)10-12)11-24-17-5-4-16-19(25-17)23-8-7-22-16/h2-5,7-8,10,13,18H,6,9,11H2,1H3,(H,23,24,25). The number of anilines is 1. The van der Waals surface area contributed by atoms with Gasteiger partial charge in [-0.05, 0) is 55.8 Å². The van der Waals surface area contributed by atoms with Gasteiger partial charge in [-0.25, -0.2) is 14.4 Å². The van der Waals surface area contributed by atoms with Crippen LogP contribution in [0, 0.1) is 11.7 Å². The molecular weight excluding hydrogens is 353 g/mol. The van der Waals surface area contributed by atoms with Crippen molar-refractivity contribution in [1.82, 2.24) is 19.9 Å². The van der Waals surface area contributed by atoms with Crippen molar-refractivity contribution >= 4 is 28.6 Å². The van der Waals surface area contributed by atoms with E-state index in [4.69, 9.17) is 11.6 Å². The topological polar surface area (TPSA) is 53.9 Å². The Morgan fingerprint density at radius 1 is 1.23 bits per heavy atom. The molecule has 1 aliphatic heterocycles. The van der Waals surface area contributed by atoms with Crippen LogP contribution in [-0.2, 0) is 0 Å². The summed E-state index contributed by atoms with van der Waals surface area (Å²) in [4.78, 5) is 15.2. The third-order valence-corrected chi connectivity index (χ3v) is 5.24. The molecule has 5 nitrogen and oxygen atoms in total. The Morgan fingerprint density at radius 3 is 2.92 bits per heavy atom. The van der Waals surface area contributed by atoms with Gasteiger partial charge in [-0.3, -0.25) is 9.88 Å². The number of benzene rings is 1. The number of halogens is 2. The van der Waals surface area contributed by atoms with Crippen molar-refractivity contribution in [2.24, 2.45) is 5.92 Å². The molecule has 1 aliphatic rings. The quantitative estimate of drug-likeness (QED) is 0.753. The van der Waals surface area contributed by atoms with E-state index in [0.717, 1.165) is 36.4 Å². The van der Waals surface area contributed by atoms with Gasteiger partial charge in [-0.1, -0.05) is 17.7 Å². The fraction of sp³-hybridized carbons (Fsp3) is 0.316. The molecule has 1 saturated heterocycles. The van der Waals surface area contributed by atoms with Crippen molar-refractivity contribution in [3.05, 3.63) is 59.1 Å². The fourth-order valence-corrected chi connectivity index (χ4v) is 3.77. The van der Waals surface area contributed by atoms with Crippen LogP contribution in [0.15, 0.2) is 42.7 Å². The van der Waals surface area contributed by atoms with Crippen LogP contribution in [0.1, 0.15) is 18.0 Å². The molecule has 1 aromatic carbocycles. The first-order valence-electron chi connectivity index (χ1n) is 8.58. The van der Waals surface area contributed by atoms with Crippen molar-refractivity contribution in [1.29, 1.82) is 0 Å². The van der Waals surface area contributed by atoms with Gasteiger partial charge in [0, 0.05) is 25.0 Å². The summed E-state index contributed by atoms with van der Waals surface area (Å²) in [7, 11) is 2.07. The van der Waals surface area contributed by atoms with Gasteiger partial charge in [0.05, 0.1) is 5.02 Å². The maximum atomic E-state index is 13.9. The van der Waals surface area contributed by atoms with Crippen LogP contribution < -0.4 is 5.32 Å². The Kier molecular flexibility index (Phi) is 4.70. The average molecular weight is 372 g/mol. The molecule has 2 unspecified atom stereocenters. The van der Waals surface area contributed by atoms with Gasteiger partial charge in [0.15, 0.2) is 5.65 Å². The average Bonchev–Trinajstić information content (AvgIpc) is 3.02. The number of pyridine rings is 1. The van der Waals surface area contributed by atoms with Crippen LogP contribution >= 0.6 is 11.6 Å². The molecule has 0 amide bonds. The molecular formula is C19H19ClFN5. The number of nitrogens with one attached hydrogen (secondary N) is 1. The zero-order valence-corrected chi connectivity index (χ0v) is 15.1. The van der Waals surface area contributed by atoms with Crippen LogP contribution in [0.5, 0.6) is 0 Å². The van der Waals surface area contributed by atoms with E-state index in [1.807, 2.05) is 18.2 Å². The van der Waals surface area contributed by atoms with Gasteiger partial charge in [0.1, 0.15) is 17.2 Å². The molecule has 0 radical (unpaired) electrons. The van der Waals surface area contributed by atoms with Crippen LogP contribution in [0.4, 0.5) is 10.2 Å². The number of nitrogens with zero attached hydrogens (tertiary/aromatic N) is 4. The van der Waals surface area contributed by atoms with E-state index in [1.165, 1.54) is 0 Å². The van der Waals surface area contributed by atoms with Crippen LogP contribution in [-0.4, -0.2) is 40.0 Å². The Bertz CT molecular complexity index is 935. The first kappa shape index (κ1) is 17.1. The molecule has 7 heteroatoms. The molecule has 3 heterocycles. The SMILES string of the molecule is CN1CCC(CNc2ccc3nccnc3n2)C1c1ccc(Cl)c(F)c1. The van der Waals surface area contributed by atoms with E-state index in [-0.39, 0.29) is 16.9 Å². The molecule has 0 saturated carbocycles. The monoisotopic (exact) mass is 371 g/mol. The lowest BCUT2D eigenvalue weighted by molar-refractivity contribution is 0.281. The summed E-state index contributed by atoms with van der Waals surface area (Å²) in [5.74, 6) is 0.750. The Balaban J connectivity index is 1.51. The molecule has 2 aromatic heterocycles. The van der Waals surface area contributed by atoms with Gasteiger partial charge in [0.25, 0.3) is 0 Å². The molecule has 0 spiro atoms. The van der Waals surface area contributed by atoms with E-state index >= 15 is 0 Å². The third-order valence-electron chi connectivity index (χ3n) is 4.94. The normalized spacial score (nSPS) is 20.6. The number of fused-ring (bicyclic) bond motifs is 1. The number of hydrogen-bond donors (Lipinski definition) is 1. The van der Waals surface area contributed by atoms with Crippen LogP contribution in [0.3, 0.4) is 0 Å². The molecule has 26 heavy (non-hydrogen) atoms. The highest BCUT2D eigenvalue weighted by molar-refractivity contribution is 6.30. The minimum Gasteiger partial charge on any atom is -0.370 e. The number of hydrogen-bond acceptors (Lipinski definition) is 5. The maximum absolute atomic E-state index is 13.9. The smallest absolute Gasteiger partial charge is 0.180 e. The largest absolute Gasteiger partial charge is 0.370 e. The number of rotatable bonds is 4. The van der Waals surface area contributed by atoms with Crippen molar-refractivity contribution in [2.75, 3.05) is 25.5 Å². The second-order valence-corrected chi connectivity index (χ2v) is 7.03. The highest BCUT2D eigenvalue weighted by atomic mass is 35.5. The summed E-state index contributed by atoms with van der Waals surface area (Å²) in [6.07, 6.45) is 4.32. The second kappa shape index (κ2) is 7.13. The summed E-state index contributed by atoms with van der Waals surface area (Å²) >= 11 is 5.83. The van der Waals surface area contributed by atoms with Gasteiger partial charge in [0.2, 0.25) is 0 Å². The van der Waals surface area contributed by atoms with Crippen LogP contribution in [0.25, 0.3) is 11.2 Å². The van der Waals surface area contributed by atoms with Gasteiger partial charge >= 0.3 is 0 Å². The molecule has 1 fully saturated rings. The summed E-state index contributed by atoms with van der Waals surface area (Å²) in [6.45, 7) is 1.72. The minimum atomic E-state index is -0.369. The van der Waals surface area contributed by atoms with Crippen molar-refractivity contribution in [3.63, 3.8) is 0 Å². The van der Waals surface area contributed by atoms with Gasteiger partial charge in [-0.2, -0.15) is 0 Å². The first-order chi connectivity index (χ1) is 12.6. The van der Waals surface area contributed by atoms with Gasteiger partial charge < -0.3 is 5.32 Å². The predicted octanol–water partition coefficient (Wildman–Crippen LogP) is 3.92. The molecule has 134 valence electrons. The molecule has 3 aromatic rings. The summed E-state index contributed by atoms with van der Waals surface area (Å²) < 4.78 is 13.9. The zero-order chi connectivity index (χ0) is 18.1. The summed E-state index contributed by atoms with van der Waals surface area (Å²) in [6, 6.07) is 9.05. The lowest BCUT2D eigenvalue weighted by Gasteiger charge is -2.26. The Labute approximate surface area is 156 Å². The van der Waals surface area contributed by atoms with Gasteiger partial charge in [-0.15, -0.1) is 0 Å². The van der Waals surface area contributed by atoms with Crippen molar-refractivity contribution in [3.8, 4) is 0 Å². The Hall–Kier alpha value is -2.31. The molecule has 4 rings (SSSR count). The van der Waals surface area contributed by atoms with Crippen LogP contribution in [0.2, 0.25) is 5.02 Å². The predicted molar refractivity (Wildman–Crippen MR) is 101 cm³/mol. The first-order valence-corrected chi connectivity index (χ1v) is 8.96. The van der Waals surface area contributed by atoms with E-state index in [9.17, 15) is 4.39 Å². The highest BCUT2D eigenvalue weighted by Gasteiger charge is 2.33. The van der Waals surface area contributed by atoms with E-state index in [2.05, 4.69) is 32.2 Å². The number of aromatic nitrogens is 3. The summed E-state index contributed by atoms with van der Waals surface area (Å²) in [5, 5.41) is 3.56. The minimum absolute atomic E-state index is 0.148. The number of likely N-dealkylation sites (tertiary alicyclic amines) is 1. The van der Waals surface area contributed by atoms with E-state index < -0.39 is 0 Å². The van der Waals surface area contributed by atoms with E-state index in [1.54, 1.807) is 24.5 Å². The highest BCUT2D eigenvalue weighted by Crippen LogP contribution is 2.37. The third kappa shape index (κ3) is 3.34. The molecule has 0 bridgehead atoms. The molecule has 0 aliphatic carbocycles. The van der Waals surface area contributed by atoms with E-state index in [0.29, 0.717) is 11.6 Å². The molecule has 2 atom stereocenters. The fourth-order valence-electron chi connectivity index (χ4n) is 3.65. The Morgan fingerprint density at radius 2 is 2.08 bits per heavy atom. The summed E-state index contributed by atoms with van der Waals surface area (Å²) in [5.41, 5.74) is 2.35. The van der Waals surface area contributed by atoms with Crippen molar-refractivity contribution < 1.29 is 4.39 Å². The maximum Gasteiger partial charge on any atom is 0.180 e. The molecule has 1 N–H and O–H groups in total. The van der Waals surface area contributed by atoms with Crippen molar-refractivity contribution in [2.45, 2.75) is 12.5 Å². The zero-order valence-electron chi connectivity index (χ0n) is 14.4. The second-order valence-electron chi connectivity index (χ2n) is 6.62. The lowest BCUT2D eigenvalue weighted by Crippen LogP contribution is -2.25. The lowest BCUT2D eigenvalue weighted by atomic mass is 9.93.